The van der Waals surface area contributed by atoms with E-state index in [2.05, 4.69) is 375 Å². The van der Waals surface area contributed by atoms with E-state index in [-0.39, 0.29) is 0 Å². The lowest BCUT2D eigenvalue weighted by Gasteiger charge is -2.34. The third kappa shape index (κ3) is 12.0. The average Bonchev–Trinajstić information content (AvgIpc) is 1.54. The Morgan fingerprint density at radius 1 is 0.167 bits per heavy atom. The molecule has 13 aromatic carbocycles. The molecule has 14 aromatic rings. The summed E-state index contributed by atoms with van der Waals surface area (Å²) < 4.78 is 13.9. The summed E-state index contributed by atoms with van der Waals surface area (Å²) >= 11 is 0. The number of nitrogens with zero attached hydrogens (tertiary/aromatic N) is 6. The van der Waals surface area contributed by atoms with Crippen molar-refractivity contribution in [3.63, 3.8) is 0 Å². The van der Waals surface area contributed by atoms with Crippen LogP contribution in [-0.4, -0.2) is 0 Å². The highest BCUT2D eigenvalue weighted by Crippen LogP contribution is 2.52. The van der Waals surface area contributed by atoms with Gasteiger partial charge < -0.3 is 38.6 Å². The van der Waals surface area contributed by atoms with Gasteiger partial charge in [-0.2, -0.15) is 0 Å². The summed E-state index contributed by atoms with van der Waals surface area (Å²) in [4.78, 5) is 13.8. The van der Waals surface area contributed by atoms with Crippen LogP contribution in [0, 0.1) is 0 Å². The van der Waals surface area contributed by atoms with Crippen LogP contribution in [0.25, 0.3) is 0 Å². The number of hydrogen-bond acceptors (Lipinski definition) is 8. The molecular formula is C82H62N6O2. The van der Waals surface area contributed by atoms with Crippen LogP contribution in [0.15, 0.2) is 381 Å². The number of para-hydroxylation sites is 10. The molecule has 0 saturated carbocycles. The number of benzene rings is 13. The standard InChI is InChI=1S/C82H62N6O2/c1-11-32-63(33-12-1)83(64-34-13-2-14-35-64)73-52-31-53-79(58-73)90-80-59-77(86(69-44-23-7-24-45-69)70-46-25-8-26-47-70)57-78(60-80)88(72-50-29-10-30-51-72)82-62-89-61-81(82)87(71-48-27-9-28-49-71)76-55-74(84(65-36-15-3-16-37-65)66-38-17-4-18-39-66)54-75(56-76)85(67-40-19-5-20-41-67)68-42-21-6-22-43-68/h1-62H. The molecule has 0 N–H and O–H groups in total. The molecule has 0 amide bonds. The Morgan fingerprint density at radius 3 is 0.644 bits per heavy atom. The van der Waals surface area contributed by atoms with Crippen LogP contribution in [-0.2, 0) is 0 Å². The van der Waals surface area contributed by atoms with Gasteiger partial charge in [0.05, 0.1) is 28.4 Å². The lowest BCUT2D eigenvalue weighted by Crippen LogP contribution is -2.18. The first kappa shape index (κ1) is 55.6. The van der Waals surface area contributed by atoms with E-state index in [1.54, 1.807) is 0 Å². The topological polar surface area (TPSA) is 41.8 Å². The summed E-state index contributed by atoms with van der Waals surface area (Å²) in [5.41, 5.74) is 16.9. The molecule has 0 radical (unpaired) electrons. The van der Waals surface area contributed by atoms with Crippen molar-refractivity contribution in [3.05, 3.63) is 377 Å². The molecule has 432 valence electrons. The SMILES string of the molecule is c1ccc(N(c2ccccc2)c2cccc(Oc3cc(N(c4ccccc4)c4ccccc4)cc(N(c4ccccc4)c4cocc4N(c4ccccc4)c4cc(N(c5ccccc5)c5ccccc5)cc(N(c5ccccc5)c5ccccc5)c4)c3)c2)cc1. The largest absolute Gasteiger partial charge is 0.468 e. The van der Waals surface area contributed by atoms with E-state index in [0.717, 1.165) is 102 Å². The van der Waals surface area contributed by atoms with Crippen LogP contribution in [0.2, 0.25) is 0 Å². The molecule has 0 aliphatic rings. The normalized spacial score (nSPS) is 10.9. The van der Waals surface area contributed by atoms with Gasteiger partial charge >= 0.3 is 0 Å². The minimum atomic E-state index is 0.620. The van der Waals surface area contributed by atoms with Gasteiger partial charge in [0.25, 0.3) is 0 Å². The zero-order valence-corrected chi connectivity index (χ0v) is 49.3. The van der Waals surface area contributed by atoms with E-state index in [9.17, 15) is 0 Å². The summed E-state index contributed by atoms with van der Waals surface area (Å²) in [6.07, 6.45) is 3.72. The van der Waals surface area contributed by atoms with Crippen molar-refractivity contribution in [1.82, 2.24) is 0 Å². The Hall–Kier alpha value is -12.3. The first-order chi connectivity index (χ1) is 44.7. The summed E-state index contributed by atoms with van der Waals surface area (Å²) in [5.74, 6) is 1.29. The molecular weight excluding hydrogens is 1100 g/mol. The van der Waals surface area contributed by atoms with E-state index < -0.39 is 0 Å². The fourth-order valence-electron chi connectivity index (χ4n) is 11.7. The zero-order valence-electron chi connectivity index (χ0n) is 49.3. The van der Waals surface area contributed by atoms with Crippen LogP contribution >= 0.6 is 0 Å². The second-order valence-electron chi connectivity index (χ2n) is 21.5. The molecule has 1 heterocycles. The Morgan fingerprint density at radius 2 is 0.367 bits per heavy atom. The van der Waals surface area contributed by atoms with Crippen LogP contribution in [0.1, 0.15) is 0 Å². The molecule has 8 heteroatoms. The third-order valence-corrected chi connectivity index (χ3v) is 15.6. The highest BCUT2D eigenvalue weighted by molar-refractivity contribution is 5.95. The molecule has 0 atom stereocenters. The van der Waals surface area contributed by atoms with Gasteiger partial charge in [-0.3, -0.25) is 0 Å². The zero-order chi connectivity index (χ0) is 60.3. The molecule has 1 aromatic heterocycles. The van der Waals surface area contributed by atoms with Gasteiger partial charge in [0.15, 0.2) is 0 Å². The van der Waals surface area contributed by atoms with Gasteiger partial charge in [0.2, 0.25) is 0 Å². The number of rotatable bonds is 20. The fraction of sp³-hybridized carbons (Fsp3) is 0. The molecule has 0 unspecified atom stereocenters. The van der Waals surface area contributed by atoms with Crippen LogP contribution in [0.4, 0.5) is 102 Å². The Kier molecular flexibility index (Phi) is 16.2. The lowest BCUT2D eigenvalue weighted by atomic mass is 10.1. The maximum absolute atomic E-state index is 7.26. The van der Waals surface area contributed by atoms with Gasteiger partial charge in [-0.15, -0.1) is 0 Å². The smallest absolute Gasteiger partial charge is 0.131 e. The van der Waals surface area contributed by atoms with Crippen LogP contribution in [0.5, 0.6) is 11.5 Å². The van der Waals surface area contributed by atoms with E-state index in [0.29, 0.717) is 11.5 Å². The lowest BCUT2D eigenvalue weighted by molar-refractivity contribution is 0.483. The maximum atomic E-state index is 7.26. The van der Waals surface area contributed by atoms with Gasteiger partial charge in [0.1, 0.15) is 35.4 Å². The van der Waals surface area contributed by atoms with E-state index in [1.165, 1.54) is 0 Å². The second-order valence-corrected chi connectivity index (χ2v) is 21.5. The van der Waals surface area contributed by atoms with Crippen molar-refractivity contribution in [1.29, 1.82) is 0 Å². The summed E-state index contributed by atoms with van der Waals surface area (Å²) in [5, 5.41) is 0. The Labute approximate surface area is 526 Å². The molecule has 0 aliphatic carbocycles. The quantitative estimate of drug-likeness (QED) is 0.0748. The monoisotopic (exact) mass is 1160 g/mol. The minimum absolute atomic E-state index is 0.620. The first-order valence-electron chi connectivity index (χ1n) is 30.1. The number of ether oxygens (including phenoxy) is 1. The molecule has 0 spiro atoms. The van der Waals surface area contributed by atoms with E-state index in [4.69, 9.17) is 9.15 Å². The Bertz CT molecular complexity index is 4310. The number of furan rings is 1. The molecule has 0 bridgehead atoms. The summed E-state index contributed by atoms with van der Waals surface area (Å²) in [6.45, 7) is 0. The molecule has 0 saturated heterocycles. The van der Waals surface area contributed by atoms with Crippen molar-refractivity contribution in [2.75, 3.05) is 29.4 Å². The average molecular weight is 1160 g/mol. The van der Waals surface area contributed by atoms with Gasteiger partial charge in [-0.05, 0) is 158 Å². The fourth-order valence-corrected chi connectivity index (χ4v) is 11.7. The van der Waals surface area contributed by atoms with Crippen molar-refractivity contribution in [2.45, 2.75) is 0 Å². The van der Waals surface area contributed by atoms with Gasteiger partial charge in [0, 0.05) is 80.8 Å². The van der Waals surface area contributed by atoms with E-state index >= 15 is 0 Å². The van der Waals surface area contributed by atoms with Crippen LogP contribution < -0.4 is 34.1 Å². The van der Waals surface area contributed by atoms with Gasteiger partial charge in [-0.25, -0.2) is 0 Å². The molecule has 90 heavy (non-hydrogen) atoms. The van der Waals surface area contributed by atoms with Crippen molar-refractivity contribution >= 4 is 102 Å². The summed E-state index contributed by atoms with van der Waals surface area (Å²) in [7, 11) is 0. The summed E-state index contributed by atoms with van der Waals surface area (Å²) in [6, 6.07) is 127. The van der Waals surface area contributed by atoms with Gasteiger partial charge in [-0.1, -0.05) is 188 Å². The molecule has 14 rings (SSSR count). The number of hydrogen-bond donors (Lipinski definition) is 0. The predicted molar refractivity (Wildman–Crippen MR) is 373 cm³/mol. The second kappa shape index (κ2) is 26.2. The molecule has 0 fully saturated rings. The van der Waals surface area contributed by atoms with Crippen molar-refractivity contribution in [2.24, 2.45) is 0 Å². The minimum Gasteiger partial charge on any atom is -0.468 e. The molecule has 8 nitrogen and oxygen atoms in total. The molecule has 0 aliphatic heterocycles. The highest BCUT2D eigenvalue weighted by atomic mass is 16.5. The predicted octanol–water partition coefficient (Wildman–Crippen LogP) is 23.9. The van der Waals surface area contributed by atoms with Crippen LogP contribution in [0.3, 0.4) is 0 Å². The van der Waals surface area contributed by atoms with E-state index in [1.807, 2.05) is 30.7 Å². The highest BCUT2D eigenvalue weighted by Gasteiger charge is 2.29. The van der Waals surface area contributed by atoms with Crippen molar-refractivity contribution < 1.29 is 9.15 Å². The van der Waals surface area contributed by atoms with Crippen molar-refractivity contribution in [3.8, 4) is 11.5 Å². The first-order valence-corrected chi connectivity index (χ1v) is 30.1. The maximum Gasteiger partial charge on any atom is 0.131 e. The number of anilines is 18. The Balaban J connectivity index is 0.985. The third-order valence-electron chi connectivity index (χ3n) is 15.6.